The SMILES string of the molecule is COC(=O)[C@H]1C=C[C@@H](C)[C@@H](CCc2ccccc2)O1. The van der Waals surface area contributed by atoms with Gasteiger partial charge in [-0.2, -0.15) is 0 Å². The molecule has 0 saturated heterocycles. The van der Waals surface area contributed by atoms with Crippen LogP contribution in [0.1, 0.15) is 18.9 Å². The summed E-state index contributed by atoms with van der Waals surface area (Å²) in [6, 6.07) is 10.3. The highest BCUT2D eigenvalue weighted by Crippen LogP contribution is 2.23. The lowest BCUT2D eigenvalue weighted by molar-refractivity contribution is -0.156. The number of methoxy groups -OCH3 is 1. The van der Waals surface area contributed by atoms with Gasteiger partial charge in [0.25, 0.3) is 0 Å². The third kappa shape index (κ3) is 3.67. The minimum Gasteiger partial charge on any atom is -0.467 e. The maximum atomic E-state index is 11.5. The largest absolute Gasteiger partial charge is 0.467 e. The summed E-state index contributed by atoms with van der Waals surface area (Å²) in [5.41, 5.74) is 1.29. The molecule has 3 nitrogen and oxygen atoms in total. The van der Waals surface area contributed by atoms with E-state index in [2.05, 4.69) is 19.1 Å². The van der Waals surface area contributed by atoms with Gasteiger partial charge in [0.2, 0.25) is 0 Å². The summed E-state index contributed by atoms with van der Waals surface area (Å²) >= 11 is 0. The van der Waals surface area contributed by atoms with Crippen LogP contribution in [0.25, 0.3) is 0 Å². The number of ether oxygens (including phenoxy) is 2. The van der Waals surface area contributed by atoms with E-state index >= 15 is 0 Å². The Morgan fingerprint density at radius 3 is 2.68 bits per heavy atom. The van der Waals surface area contributed by atoms with E-state index in [1.54, 1.807) is 6.08 Å². The summed E-state index contributed by atoms with van der Waals surface area (Å²) in [4.78, 5) is 11.5. The van der Waals surface area contributed by atoms with Crippen molar-refractivity contribution in [1.29, 1.82) is 0 Å². The first-order valence-electron chi connectivity index (χ1n) is 6.66. The van der Waals surface area contributed by atoms with Crippen LogP contribution in [0.2, 0.25) is 0 Å². The quantitative estimate of drug-likeness (QED) is 0.617. The normalized spacial score (nSPS) is 26.1. The number of hydrogen-bond donors (Lipinski definition) is 0. The van der Waals surface area contributed by atoms with Crippen LogP contribution in [0, 0.1) is 5.92 Å². The molecule has 0 unspecified atom stereocenters. The highest BCUT2D eigenvalue weighted by atomic mass is 16.6. The number of hydrogen-bond acceptors (Lipinski definition) is 3. The number of rotatable bonds is 4. The minimum absolute atomic E-state index is 0.0642. The van der Waals surface area contributed by atoms with Gasteiger partial charge < -0.3 is 9.47 Å². The first-order chi connectivity index (χ1) is 9.20. The van der Waals surface area contributed by atoms with Crippen LogP contribution in [0.4, 0.5) is 0 Å². The van der Waals surface area contributed by atoms with E-state index in [9.17, 15) is 4.79 Å². The predicted octanol–water partition coefficient (Wildman–Crippen LogP) is 2.75. The smallest absolute Gasteiger partial charge is 0.339 e. The van der Waals surface area contributed by atoms with Gasteiger partial charge in [-0.3, -0.25) is 0 Å². The molecule has 0 spiro atoms. The van der Waals surface area contributed by atoms with Crippen LogP contribution in [0.3, 0.4) is 0 Å². The second kappa shape index (κ2) is 6.53. The van der Waals surface area contributed by atoms with Crippen molar-refractivity contribution in [2.24, 2.45) is 5.92 Å². The van der Waals surface area contributed by atoms with Crippen LogP contribution in [0.5, 0.6) is 0 Å². The maximum absolute atomic E-state index is 11.5. The second-order valence-electron chi connectivity index (χ2n) is 4.89. The first-order valence-corrected chi connectivity index (χ1v) is 6.66. The van der Waals surface area contributed by atoms with Crippen LogP contribution in [0.15, 0.2) is 42.5 Å². The maximum Gasteiger partial charge on any atom is 0.339 e. The van der Waals surface area contributed by atoms with Crippen LogP contribution in [-0.4, -0.2) is 25.3 Å². The highest BCUT2D eigenvalue weighted by Gasteiger charge is 2.28. The molecule has 102 valence electrons. The summed E-state index contributed by atoms with van der Waals surface area (Å²) < 4.78 is 10.5. The van der Waals surface area contributed by atoms with E-state index in [-0.39, 0.29) is 12.1 Å². The Labute approximate surface area is 114 Å². The van der Waals surface area contributed by atoms with Crippen molar-refractivity contribution in [1.82, 2.24) is 0 Å². The van der Waals surface area contributed by atoms with Gasteiger partial charge in [-0.15, -0.1) is 0 Å². The minimum atomic E-state index is -0.554. The Morgan fingerprint density at radius 2 is 2.00 bits per heavy atom. The van der Waals surface area contributed by atoms with Crippen molar-refractivity contribution in [2.45, 2.75) is 32.0 Å². The van der Waals surface area contributed by atoms with Crippen LogP contribution >= 0.6 is 0 Å². The molecule has 0 aliphatic carbocycles. The monoisotopic (exact) mass is 260 g/mol. The van der Waals surface area contributed by atoms with Gasteiger partial charge in [-0.05, 0) is 24.5 Å². The number of carbonyl (C=O) groups is 1. The van der Waals surface area contributed by atoms with Crippen molar-refractivity contribution in [3.8, 4) is 0 Å². The first kappa shape index (κ1) is 13.8. The molecule has 0 fully saturated rings. The fraction of sp³-hybridized carbons (Fsp3) is 0.438. The van der Waals surface area contributed by atoms with E-state index in [1.807, 2.05) is 24.3 Å². The molecule has 0 aromatic heterocycles. The predicted molar refractivity (Wildman–Crippen MR) is 73.7 cm³/mol. The zero-order chi connectivity index (χ0) is 13.7. The van der Waals surface area contributed by atoms with Gasteiger partial charge in [0.05, 0.1) is 13.2 Å². The number of aryl methyl sites for hydroxylation is 1. The molecule has 0 amide bonds. The topological polar surface area (TPSA) is 35.5 Å². The van der Waals surface area contributed by atoms with E-state index in [0.29, 0.717) is 5.92 Å². The Hall–Kier alpha value is -1.61. The molecule has 0 radical (unpaired) electrons. The molecule has 19 heavy (non-hydrogen) atoms. The molecular formula is C16H20O3. The van der Waals surface area contributed by atoms with E-state index in [1.165, 1.54) is 12.7 Å². The number of carbonyl (C=O) groups excluding carboxylic acids is 1. The average molecular weight is 260 g/mol. The number of esters is 1. The van der Waals surface area contributed by atoms with Crippen molar-refractivity contribution < 1.29 is 14.3 Å². The average Bonchev–Trinajstić information content (AvgIpc) is 2.46. The van der Waals surface area contributed by atoms with E-state index in [4.69, 9.17) is 9.47 Å². The molecule has 0 saturated carbocycles. The fourth-order valence-corrected chi connectivity index (χ4v) is 2.29. The fourth-order valence-electron chi connectivity index (χ4n) is 2.29. The van der Waals surface area contributed by atoms with Gasteiger partial charge in [0, 0.05) is 5.92 Å². The molecule has 2 rings (SSSR count). The van der Waals surface area contributed by atoms with Crippen molar-refractivity contribution in [3.63, 3.8) is 0 Å². The third-order valence-corrected chi connectivity index (χ3v) is 3.49. The van der Waals surface area contributed by atoms with Crippen LogP contribution in [-0.2, 0) is 20.7 Å². The Bertz CT molecular complexity index is 439. The zero-order valence-electron chi connectivity index (χ0n) is 11.4. The molecule has 0 N–H and O–H groups in total. The lowest BCUT2D eigenvalue weighted by Gasteiger charge is -2.29. The standard InChI is InChI=1S/C16H20O3/c1-12-8-10-15(16(17)18-2)19-14(12)11-9-13-6-4-3-5-7-13/h3-8,10,12,14-15H,9,11H2,1-2H3/t12-,14-,15-/m1/s1. The lowest BCUT2D eigenvalue weighted by atomic mass is 9.94. The van der Waals surface area contributed by atoms with Crippen molar-refractivity contribution >= 4 is 5.97 Å². The van der Waals surface area contributed by atoms with E-state index in [0.717, 1.165) is 12.8 Å². The van der Waals surface area contributed by atoms with Crippen molar-refractivity contribution in [2.75, 3.05) is 7.11 Å². The zero-order valence-corrected chi connectivity index (χ0v) is 11.4. The molecule has 1 aromatic carbocycles. The van der Waals surface area contributed by atoms with Gasteiger partial charge in [-0.1, -0.05) is 43.3 Å². The second-order valence-corrected chi connectivity index (χ2v) is 4.89. The van der Waals surface area contributed by atoms with Crippen LogP contribution < -0.4 is 0 Å². The van der Waals surface area contributed by atoms with Crippen molar-refractivity contribution in [3.05, 3.63) is 48.0 Å². The molecule has 3 heteroatoms. The molecule has 1 heterocycles. The molecule has 3 atom stereocenters. The Balaban J connectivity index is 1.93. The van der Waals surface area contributed by atoms with Gasteiger partial charge in [0.1, 0.15) is 0 Å². The Kier molecular flexibility index (Phi) is 4.74. The van der Waals surface area contributed by atoms with Gasteiger partial charge in [0.15, 0.2) is 6.10 Å². The molecule has 1 aliphatic heterocycles. The molecule has 0 bridgehead atoms. The van der Waals surface area contributed by atoms with Gasteiger partial charge >= 0.3 is 5.97 Å². The Morgan fingerprint density at radius 1 is 1.26 bits per heavy atom. The molecular weight excluding hydrogens is 240 g/mol. The lowest BCUT2D eigenvalue weighted by Crippen LogP contribution is -2.35. The number of benzene rings is 1. The summed E-state index contributed by atoms with van der Waals surface area (Å²) in [6.45, 7) is 2.11. The molecule has 1 aliphatic rings. The summed E-state index contributed by atoms with van der Waals surface area (Å²) in [5.74, 6) is -0.00233. The third-order valence-electron chi connectivity index (χ3n) is 3.49. The molecule has 1 aromatic rings. The summed E-state index contributed by atoms with van der Waals surface area (Å²) in [7, 11) is 1.39. The summed E-state index contributed by atoms with van der Waals surface area (Å²) in [6.07, 6.45) is 5.20. The van der Waals surface area contributed by atoms with Gasteiger partial charge in [-0.25, -0.2) is 4.79 Å². The summed E-state index contributed by atoms with van der Waals surface area (Å²) in [5, 5.41) is 0. The van der Waals surface area contributed by atoms with E-state index < -0.39 is 6.10 Å². The highest BCUT2D eigenvalue weighted by molar-refractivity contribution is 5.76.